The van der Waals surface area contributed by atoms with Crippen LogP contribution in [0.25, 0.3) is 0 Å². The van der Waals surface area contributed by atoms with Gasteiger partial charge in [0, 0.05) is 16.9 Å². The number of carbonyl (C=O) groups excluding carboxylic acids is 1. The Morgan fingerprint density at radius 1 is 1.20 bits per heavy atom. The van der Waals surface area contributed by atoms with Gasteiger partial charge in [-0.15, -0.1) is 12.6 Å². The van der Waals surface area contributed by atoms with Crippen LogP contribution in [0.5, 0.6) is 0 Å². The molecular formula is C16H24NOS2+. The summed E-state index contributed by atoms with van der Waals surface area (Å²) in [6.07, 6.45) is 8.93. The molecule has 0 aromatic heterocycles. The van der Waals surface area contributed by atoms with Crippen molar-refractivity contribution in [3.8, 4) is 0 Å². The summed E-state index contributed by atoms with van der Waals surface area (Å²) in [5.41, 5.74) is 3.33. The third-order valence-electron chi connectivity index (χ3n) is 3.62. The van der Waals surface area contributed by atoms with Gasteiger partial charge in [-0.05, 0) is 19.3 Å². The van der Waals surface area contributed by atoms with E-state index in [-0.39, 0.29) is 0 Å². The number of hydrogen-bond acceptors (Lipinski definition) is 3. The predicted octanol–water partition coefficient (Wildman–Crippen LogP) is 4.10. The molecule has 1 rings (SSSR count). The number of unbranched alkanes of at least 4 members (excludes halogenated alkanes) is 2. The van der Waals surface area contributed by atoms with E-state index in [1.165, 1.54) is 11.3 Å². The molecule has 0 radical (unpaired) electrons. The molecular weight excluding hydrogens is 286 g/mol. The monoisotopic (exact) mass is 310 g/mol. The Morgan fingerprint density at radius 2 is 1.80 bits per heavy atom. The Kier molecular flexibility index (Phi) is 7.38. The molecule has 1 aliphatic heterocycles. The molecule has 0 atom stereocenters. The van der Waals surface area contributed by atoms with E-state index in [9.17, 15) is 4.79 Å². The second kappa shape index (κ2) is 8.53. The van der Waals surface area contributed by atoms with Gasteiger partial charge in [-0.25, -0.2) is 0 Å². The van der Waals surface area contributed by atoms with Gasteiger partial charge in [0.05, 0.1) is 6.08 Å². The summed E-state index contributed by atoms with van der Waals surface area (Å²) in [5, 5.41) is 0. The summed E-state index contributed by atoms with van der Waals surface area (Å²) < 4.78 is 2.08. The number of thiol groups is 1. The van der Waals surface area contributed by atoms with E-state index >= 15 is 0 Å². The van der Waals surface area contributed by atoms with E-state index in [0.29, 0.717) is 4.86 Å². The van der Waals surface area contributed by atoms with Crippen LogP contribution in [-0.4, -0.2) is 28.5 Å². The van der Waals surface area contributed by atoms with Crippen molar-refractivity contribution in [1.82, 2.24) is 0 Å². The standard InChI is InChI=1S/C16H23NOS2/c1-4-6-8-12-13(9-7-5-2)17(3)14(10-11-18)16(20)15(12)19/h10-11H,4-9H2,1-3H3/p+1/b14-10+. The molecule has 0 spiro atoms. The highest BCUT2D eigenvalue weighted by Crippen LogP contribution is 2.28. The van der Waals surface area contributed by atoms with Crippen molar-refractivity contribution in [2.24, 2.45) is 0 Å². The zero-order valence-corrected chi connectivity index (χ0v) is 14.3. The lowest BCUT2D eigenvalue weighted by Crippen LogP contribution is -2.29. The molecule has 0 aromatic rings. The number of thiocarbonyl (C=S) groups is 1. The molecule has 0 aliphatic carbocycles. The van der Waals surface area contributed by atoms with E-state index in [0.717, 1.165) is 55.4 Å². The van der Waals surface area contributed by atoms with Crippen LogP contribution >= 0.6 is 24.8 Å². The molecule has 0 unspecified atom stereocenters. The van der Waals surface area contributed by atoms with Crippen molar-refractivity contribution in [3.05, 3.63) is 22.3 Å². The number of rotatable bonds is 7. The van der Waals surface area contributed by atoms with Gasteiger partial charge in [0.1, 0.15) is 18.2 Å². The van der Waals surface area contributed by atoms with E-state index in [2.05, 4.69) is 31.1 Å². The highest BCUT2D eigenvalue weighted by molar-refractivity contribution is 7.90. The normalized spacial score (nSPS) is 18.2. The number of hydrogen-bond donors (Lipinski definition) is 1. The Labute approximate surface area is 133 Å². The Morgan fingerprint density at radius 3 is 2.35 bits per heavy atom. The van der Waals surface area contributed by atoms with Crippen molar-refractivity contribution in [1.29, 1.82) is 0 Å². The van der Waals surface area contributed by atoms with Crippen molar-refractivity contribution in [2.75, 3.05) is 7.05 Å². The minimum atomic E-state index is 0.689. The summed E-state index contributed by atoms with van der Waals surface area (Å²) in [6.45, 7) is 4.38. The van der Waals surface area contributed by atoms with Crippen molar-refractivity contribution in [3.63, 3.8) is 0 Å². The maximum atomic E-state index is 10.8. The molecule has 1 aliphatic rings. The van der Waals surface area contributed by atoms with Crippen LogP contribution < -0.4 is 0 Å². The number of nitrogens with zero attached hydrogens (tertiary/aromatic N) is 1. The molecule has 20 heavy (non-hydrogen) atoms. The van der Waals surface area contributed by atoms with E-state index in [1.54, 1.807) is 6.08 Å². The lowest BCUT2D eigenvalue weighted by Gasteiger charge is -2.19. The van der Waals surface area contributed by atoms with Crippen molar-refractivity contribution >= 4 is 41.7 Å². The second-order valence-electron chi connectivity index (χ2n) is 5.06. The van der Waals surface area contributed by atoms with Crippen LogP contribution in [-0.2, 0) is 4.79 Å². The Bertz CT molecular complexity index is 487. The van der Waals surface area contributed by atoms with Crippen molar-refractivity contribution < 1.29 is 9.37 Å². The number of allylic oxidation sites excluding steroid dienone is 3. The minimum Gasteiger partial charge on any atom is -0.298 e. The Balaban J connectivity index is 3.26. The first-order valence-corrected chi connectivity index (χ1v) is 8.16. The first-order chi connectivity index (χ1) is 9.58. The second-order valence-corrected chi connectivity index (χ2v) is 5.91. The van der Waals surface area contributed by atoms with E-state index in [1.807, 2.05) is 7.05 Å². The molecule has 2 nitrogen and oxygen atoms in total. The largest absolute Gasteiger partial charge is 0.298 e. The van der Waals surface area contributed by atoms with Gasteiger partial charge in [0.25, 0.3) is 0 Å². The van der Waals surface area contributed by atoms with E-state index < -0.39 is 0 Å². The van der Waals surface area contributed by atoms with Gasteiger partial charge in [-0.1, -0.05) is 38.9 Å². The van der Waals surface area contributed by atoms with Crippen LogP contribution in [0, 0.1) is 0 Å². The molecule has 0 amide bonds. The molecule has 0 aromatic carbocycles. The maximum absolute atomic E-state index is 10.8. The fraction of sp³-hybridized carbons (Fsp3) is 0.562. The summed E-state index contributed by atoms with van der Waals surface area (Å²) >= 11 is 10.1. The average molecular weight is 311 g/mol. The SMILES string of the molecule is CCCCC1=C(S)C(=S)/C(=C\C=O)[N+](C)=C1CCCC. The van der Waals surface area contributed by atoms with Crippen LogP contribution in [0.1, 0.15) is 52.4 Å². The summed E-state index contributed by atoms with van der Waals surface area (Å²) in [7, 11) is 2.00. The van der Waals surface area contributed by atoms with Gasteiger partial charge in [0.2, 0.25) is 5.70 Å². The molecule has 0 saturated carbocycles. The topological polar surface area (TPSA) is 20.1 Å². The van der Waals surface area contributed by atoms with Crippen LogP contribution in [0.4, 0.5) is 0 Å². The zero-order valence-electron chi connectivity index (χ0n) is 12.6. The quantitative estimate of drug-likeness (QED) is 0.251. The molecule has 4 heteroatoms. The van der Waals surface area contributed by atoms with Crippen LogP contribution in [0.3, 0.4) is 0 Å². The molecule has 0 saturated heterocycles. The van der Waals surface area contributed by atoms with E-state index in [4.69, 9.17) is 12.2 Å². The smallest absolute Gasteiger partial charge is 0.227 e. The third kappa shape index (κ3) is 3.89. The van der Waals surface area contributed by atoms with Gasteiger partial charge >= 0.3 is 0 Å². The predicted molar refractivity (Wildman–Crippen MR) is 93.0 cm³/mol. The minimum absolute atomic E-state index is 0.689. The summed E-state index contributed by atoms with van der Waals surface area (Å²) in [4.78, 5) is 12.4. The molecule has 0 fully saturated rings. The third-order valence-corrected chi connectivity index (χ3v) is 4.68. The first-order valence-electron chi connectivity index (χ1n) is 7.30. The summed E-state index contributed by atoms with van der Waals surface area (Å²) in [5.74, 6) is 0. The zero-order chi connectivity index (χ0) is 15.1. The van der Waals surface area contributed by atoms with Gasteiger partial charge in [-0.2, -0.15) is 4.58 Å². The van der Waals surface area contributed by atoms with Crippen molar-refractivity contribution in [2.45, 2.75) is 52.4 Å². The first kappa shape index (κ1) is 17.3. The molecule has 0 N–H and O–H groups in total. The maximum Gasteiger partial charge on any atom is 0.227 e. The number of aldehydes is 1. The van der Waals surface area contributed by atoms with Crippen LogP contribution in [0.15, 0.2) is 22.3 Å². The molecule has 0 bridgehead atoms. The van der Waals surface area contributed by atoms with Gasteiger partial charge in [-0.3, -0.25) is 4.79 Å². The highest BCUT2D eigenvalue weighted by atomic mass is 32.1. The van der Waals surface area contributed by atoms with Gasteiger partial charge in [0.15, 0.2) is 5.71 Å². The summed E-state index contributed by atoms with van der Waals surface area (Å²) in [6, 6.07) is 0. The molecule has 1 heterocycles. The van der Waals surface area contributed by atoms with Crippen LogP contribution in [0.2, 0.25) is 0 Å². The Hall–Kier alpha value is -0.740. The van der Waals surface area contributed by atoms with Gasteiger partial charge < -0.3 is 0 Å². The molecule has 110 valence electrons. The fourth-order valence-electron chi connectivity index (χ4n) is 2.43. The lowest BCUT2D eigenvalue weighted by molar-refractivity contribution is -0.435. The number of carbonyl (C=O) groups is 1. The lowest BCUT2D eigenvalue weighted by atomic mass is 9.94. The highest BCUT2D eigenvalue weighted by Gasteiger charge is 2.31. The fourth-order valence-corrected chi connectivity index (χ4v) is 3.11. The average Bonchev–Trinajstić information content (AvgIpc) is 2.45.